The maximum Gasteiger partial charge on any atom is 0.0940 e. The lowest BCUT2D eigenvalue weighted by Crippen LogP contribution is -2.26. The summed E-state index contributed by atoms with van der Waals surface area (Å²) in [5, 5.41) is 0. The molecule has 1 aliphatic heterocycles. The van der Waals surface area contributed by atoms with Gasteiger partial charge in [-0.05, 0) is 12.8 Å². The first-order chi connectivity index (χ1) is 7.81. The molecule has 88 valence electrons. The van der Waals surface area contributed by atoms with Crippen molar-refractivity contribution in [2.45, 2.75) is 37.6 Å². The molecule has 2 unspecified atom stereocenters. The number of nitrogens with one attached hydrogen (secondary N) is 1. The molecule has 16 heavy (non-hydrogen) atoms. The van der Waals surface area contributed by atoms with E-state index in [0.717, 1.165) is 30.8 Å². The third-order valence-electron chi connectivity index (χ3n) is 3.15. The SMILES string of the molecule is NCC(c1cnc[nH]1)C1CCCCC(N)=N1. The van der Waals surface area contributed by atoms with Crippen molar-refractivity contribution >= 4 is 5.84 Å². The van der Waals surface area contributed by atoms with E-state index in [9.17, 15) is 0 Å². The number of nitrogens with zero attached hydrogens (tertiary/aromatic N) is 2. The van der Waals surface area contributed by atoms with Crippen molar-refractivity contribution in [3.8, 4) is 0 Å². The molecule has 0 aromatic carbocycles. The molecule has 0 spiro atoms. The van der Waals surface area contributed by atoms with Crippen LogP contribution < -0.4 is 11.5 Å². The van der Waals surface area contributed by atoms with Gasteiger partial charge in [0.05, 0.1) is 18.2 Å². The lowest BCUT2D eigenvalue weighted by Gasteiger charge is -2.20. The summed E-state index contributed by atoms with van der Waals surface area (Å²) >= 11 is 0. The summed E-state index contributed by atoms with van der Waals surface area (Å²) in [5.41, 5.74) is 12.7. The number of rotatable bonds is 3. The zero-order chi connectivity index (χ0) is 11.4. The molecule has 5 heteroatoms. The van der Waals surface area contributed by atoms with E-state index in [1.165, 1.54) is 6.42 Å². The summed E-state index contributed by atoms with van der Waals surface area (Å²) in [6.07, 6.45) is 7.78. The van der Waals surface area contributed by atoms with Crippen LogP contribution in [0.25, 0.3) is 0 Å². The zero-order valence-electron chi connectivity index (χ0n) is 9.39. The van der Waals surface area contributed by atoms with Crippen LogP contribution in [0.2, 0.25) is 0 Å². The zero-order valence-corrected chi connectivity index (χ0v) is 9.39. The molecule has 2 rings (SSSR count). The van der Waals surface area contributed by atoms with Crippen molar-refractivity contribution in [3.63, 3.8) is 0 Å². The molecule has 2 atom stereocenters. The van der Waals surface area contributed by atoms with Gasteiger partial charge in [0, 0.05) is 30.8 Å². The second-order valence-corrected chi connectivity index (χ2v) is 4.28. The number of nitrogens with two attached hydrogens (primary N) is 2. The van der Waals surface area contributed by atoms with E-state index in [2.05, 4.69) is 15.0 Å². The fraction of sp³-hybridized carbons (Fsp3) is 0.636. The fourth-order valence-corrected chi connectivity index (χ4v) is 2.25. The Kier molecular flexibility index (Phi) is 3.56. The highest BCUT2D eigenvalue weighted by Crippen LogP contribution is 2.25. The molecule has 5 nitrogen and oxygen atoms in total. The molecule has 0 bridgehead atoms. The molecule has 5 N–H and O–H groups in total. The summed E-state index contributed by atoms with van der Waals surface area (Å²) in [6, 6.07) is 0.202. The number of H-pyrrole nitrogens is 1. The number of hydrogen-bond acceptors (Lipinski definition) is 4. The highest BCUT2D eigenvalue weighted by atomic mass is 14.9. The van der Waals surface area contributed by atoms with E-state index >= 15 is 0 Å². The van der Waals surface area contributed by atoms with Gasteiger partial charge in [-0.15, -0.1) is 0 Å². The van der Waals surface area contributed by atoms with E-state index < -0.39 is 0 Å². The quantitative estimate of drug-likeness (QED) is 0.703. The predicted molar refractivity (Wildman–Crippen MR) is 64.3 cm³/mol. The highest BCUT2D eigenvalue weighted by molar-refractivity contribution is 5.80. The van der Waals surface area contributed by atoms with Crippen molar-refractivity contribution in [3.05, 3.63) is 18.2 Å². The van der Waals surface area contributed by atoms with Gasteiger partial charge in [-0.25, -0.2) is 4.98 Å². The Balaban J connectivity index is 2.17. The van der Waals surface area contributed by atoms with Gasteiger partial charge in [0.1, 0.15) is 0 Å². The van der Waals surface area contributed by atoms with Crippen LogP contribution in [0.4, 0.5) is 0 Å². The average molecular weight is 221 g/mol. The maximum atomic E-state index is 5.85. The summed E-state index contributed by atoms with van der Waals surface area (Å²) in [4.78, 5) is 11.7. The molecular formula is C11H19N5. The third-order valence-corrected chi connectivity index (χ3v) is 3.15. The molecule has 2 heterocycles. The van der Waals surface area contributed by atoms with Crippen LogP contribution in [0.5, 0.6) is 0 Å². The second-order valence-electron chi connectivity index (χ2n) is 4.28. The van der Waals surface area contributed by atoms with Gasteiger partial charge in [0.2, 0.25) is 0 Å². The normalized spacial score (nSPS) is 23.6. The van der Waals surface area contributed by atoms with Gasteiger partial charge in [-0.3, -0.25) is 4.99 Å². The highest BCUT2D eigenvalue weighted by Gasteiger charge is 2.24. The van der Waals surface area contributed by atoms with Gasteiger partial charge < -0.3 is 16.5 Å². The van der Waals surface area contributed by atoms with Gasteiger partial charge in [-0.1, -0.05) is 6.42 Å². The minimum atomic E-state index is 0.202. The third kappa shape index (κ3) is 2.41. The molecule has 0 fully saturated rings. The maximum absolute atomic E-state index is 5.85. The number of hydrogen-bond donors (Lipinski definition) is 3. The van der Waals surface area contributed by atoms with Crippen LogP contribution in [0, 0.1) is 0 Å². The predicted octanol–water partition coefficient (Wildman–Crippen LogP) is 0.752. The first-order valence-electron chi connectivity index (χ1n) is 5.81. The van der Waals surface area contributed by atoms with E-state index in [1.54, 1.807) is 6.33 Å². The monoisotopic (exact) mass is 221 g/mol. The first-order valence-corrected chi connectivity index (χ1v) is 5.81. The first kappa shape index (κ1) is 11.1. The van der Waals surface area contributed by atoms with Crippen LogP contribution in [0.3, 0.4) is 0 Å². The number of aromatic nitrogens is 2. The molecule has 1 aromatic heterocycles. The van der Waals surface area contributed by atoms with Gasteiger partial charge in [0.25, 0.3) is 0 Å². The molecule has 1 aromatic rings. The Morgan fingerprint density at radius 2 is 2.38 bits per heavy atom. The molecule has 0 aliphatic carbocycles. The van der Waals surface area contributed by atoms with Crippen LogP contribution in [0.1, 0.15) is 37.3 Å². The lowest BCUT2D eigenvalue weighted by molar-refractivity contribution is 0.491. The number of amidine groups is 1. The van der Waals surface area contributed by atoms with Crippen molar-refractivity contribution < 1.29 is 0 Å². The topological polar surface area (TPSA) is 93.1 Å². The second kappa shape index (κ2) is 5.12. The Morgan fingerprint density at radius 1 is 1.50 bits per heavy atom. The Morgan fingerprint density at radius 3 is 3.06 bits per heavy atom. The summed E-state index contributed by atoms with van der Waals surface area (Å²) in [6.45, 7) is 0.573. The number of aromatic amines is 1. The van der Waals surface area contributed by atoms with Crippen LogP contribution in [-0.2, 0) is 0 Å². The Labute approximate surface area is 95.3 Å². The number of imidazole rings is 1. The van der Waals surface area contributed by atoms with Crippen LogP contribution >= 0.6 is 0 Å². The van der Waals surface area contributed by atoms with E-state index in [-0.39, 0.29) is 12.0 Å². The minimum Gasteiger partial charge on any atom is -0.387 e. The van der Waals surface area contributed by atoms with Gasteiger partial charge in [-0.2, -0.15) is 0 Å². The molecule has 0 radical (unpaired) electrons. The largest absolute Gasteiger partial charge is 0.387 e. The van der Waals surface area contributed by atoms with Crippen molar-refractivity contribution in [1.29, 1.82) is 0 Å². The smallest absolute Gasteiger partial charge is 0.0940 e. The summed E-state index contributed by atoms with van der Waals surface area (Å²) < 4.78 is 0. The molecular weight excluding hydrogens is 202 g/mol. The molecule has 0 saturated carbocycles. The van der Waals surface area contributed by atoms with Crippen molar-refractivity contribution in [1.82, 2.24) is 9.97 Å². The molecule has 0 saturated heterocycles. The Bertz CT molecular complexity index is 343. The Hall–Kier alpha value is -1.36. The van der Waals surface area contributed by atoms with Crippen LogP contribution in [-0.4, -0.2) is 28.4 Å². The summed E-state index contributed by atoms with van der Waals surface area (Å²) in [5.74, 6) is 0.972. The van der Waals surface area contributed by atoms with E-state index in [4.69, 9.17) is 11.5 Å². The van der Waals surface area contributed by atoms with Crippen molar-refractivity contribution in [2.75, 3.05) is 6.54 Å². The summed E-state index contributed by atoms with van der Waals surface area (Å²) in [7, 11) is 0. The lowest BCUT2D eigenvalue weighted by atomic mass is 9.93. The molecule has 0 amide bonds. The number of aliphatic imine (C=N–C) groups is 1. The van der Waals surface area contributed by atoms with Crippen molar-refractivity contribution in [2.24, 2.45) is 16.5 Å². The fourth-order valence-electron chi connectivity index (χ4n) is 2.25. The average Bonchev–Trinajstić information content (AvgIpc) is 2.70. The van der Waals surface area contributed by atoms with E-state index in [1.807, 2.05) is 6.20 Å². The van der Waals surface area contributed by atoms with Crippen LogP contribution in [0.15, 0.2) is 17.5 Å². The molecule has 1 aliphatic rings. The van der Waals surface area contributed by atoms with Gasteiger partial charge in [0.15, 0.2) is 0 Å². The van der Waals surface area contributed by atoms with E-state index in [0.29, 0.717) is 6.54 Å². The standard InChI is InChI=1S/C11H19N5/c12-5-8(10-6-14-7-15-10)9-3-1-2-4-11(13)16-9/h6-9H,1-5,12H2,(H2,13,16)(H,14,15). The van der Waals surface area contributed by atoms with Gasteiger partial charge >= 0.3 is 0 Å². The minimum absolute atomic E-state index is 0.202.